The highest BCUT2D eigenvalue weighted by Gasteiger charge is 2.56. The minimum atomic E-state index is -1.84. The van der Waals surface area contributed by atoms with Crippen molar-refractivity contribution in [1.29, 1.82) is 0 Å². The Morgan fingerprint density at radius 3 is 2.43 bits per heavy atom. The summed E-state index contributed by atoms with van der Waals surface area (Å²) in [7, 11) is 0. The second-order valence-electron chi connectivity index (χ2n) is 5.77. The predicted molar refractivity (Wildman–Crippen MR) is 91.7 cm³/mol. The number of fused-ring (bicyclic) bond motifs is 1. The Labute approximate surface area is 153 Å². The van der Waals surface area contributed by atoms with Crippen molar-refractivity contribution in [2.24, 2.45) is 0 Å². The van der Waals surface area contributed by atoms with Crippen LogP contribution in [-0.4, -0.2) is 27.6 Å². The molecular weight excluding hydrogens is 383 g/mol. The highest BCUT2D eigenvalue weighted by Crippen LogP contribution is 2.45. The third kappa shape index (κ3) is 3.16. The molecule has 0 aromatic heterocycles. The van der Waals surface area contributed by atoms with Crippen molar-refractivity contribution in [3.63, 3.8) is 0 Å². The van der Waals surface area contributed by atoms with Crippen LogP contribution in [0.25, 0.3) is 0 Å². The SMILES string of the molecule is CSc1ccc2c(c1)[C@](C)(C(=O)OC(C)(C)C(Cl)(Cl)Cl)C(=O)O2. The average molecular weight is 398 g/mol. The van der Waals surface area contributed by atoms with Crippen LogP contribution in [0.5, 0.6) is 5.75 Å². The van der Waals surface area contributed by atoms with E-state index in [-0.39, 0.29) is 0 Å². The van der Waals surface area contributed by atoms with Gasteiger partial charge in [0.05, 0.1) is 0 Å². The first-order valence-corrected chi connectivity index (χ1v) is 9.00. The van der Waals surface area contributed by atoms with Gasteiger partial charge in [-0.2, -0.15) is 0 Å². The molecule has 0 fully saturated rings. The molecule has 1 aliphatic rings. The monoisotopic (exact) mass is 396 g/mol. The molecule has 0 spiro atoms. The lowest BCUT2D eigenvalue weighted by molar-refractivity contribution is -0.167. The molecule has 2 rings (SSSR count). The summed E-state index contributed by atoms with van der Waals surface area (Å²) in [6.45, 7) is 4.36. The number of esters is 2. The van der Waals surface area contributed by atoms with Crippen LogP contribution in [-0.2, 0) is 19.7 Å². The molecule has 1 aliphatic heterocycles. The molecule has 0 N–H and O–H groups in total. The van der Waals surface area contributed by atoms with Crippen LogP contribution in [0.4, 0.5) is 0 Å². The molecule has 1 aromatic carbocycles. The van der Waals surface area contributed by atoms with Gasteiger partial charge in [-0.1, -0.05) is 34.8 Å². The van der Waals surface area contributed by atoms with Crippen molar-refractivity contribution >= 4 is 58.5 Å². The van der Waals surface area contributed by atoms with Crippen molar-refractivity contribution in [3.8, 4) is 5.75 Å². The third-order valence-electron chi connectivity index (χ3n) is 3.78. The van der Waals surface area contributed by atoms with Crippen molar-refractivity contribution in [1.82, 2.24) is 0 Å². The molecule has 0 radical (unpaired) electrons. The molecule has 8 heteroatoms. The van der Waals surface area contributed by atoms with Crippen LogP contribution in [0, 0.1) is 0 Å². The van der Waals surface area contributed by atoms with Crippen molar-refractivity contribution in [2.75, 3.05) is 6.26 Å². The van der Waals surface area contributed by atoms with Gasteiger partial charge in [0.2, 0.25) is 3.79 Å². The van der Waals surface area contributed by atoms with E-state index in [1.807, 2.05) is 6.26 Å². The van der Waals surface area contributed by atoms with E-state index >= 15 is 0 Å². The molecule has 0 bridgehead atoms. The molecule has 1 atom stereocenters. The van der Waals surface area contributed by atoms with E-state index in [1.54, 1.807) is 18.2 Å². The number of halogens is 3. The van der Waals surface area contributed by atoms with Gasteiger partial charge < -0.3 is 9.47 Å². The lowest BCUT2D eigenvalue weighted by atomic mass is 9.84. The Kier molecular flexibility index (Phi) is 4.91. The Hall–Kier alpha value is -0.620. The molecule has 4 nitrogen and oxygen atoms in total. The predicted octanol–water partition coefficient (Wildman–Crippen LogP) is 4.28. The second-order valence-corrected chi connectivity index (χ2v) is 8.94. The van der Waals surface area contributed by atoms with Gasteiger partial charge in [-0.15, -0.1) is 11.8 Å². The van der Waals surface area contributed by atoms with Crippen LogP contribution < -0.4 is 4.74 Å². The third-order valence-corrected chi connectivity index (χ3v) is 5.87. The molecule has 0 amide bonds. The van der Waals surface area contributed by atoms with Crippen LogP contribution in [0.1, 0.15) is 26.3 Å². The van der Waals surface area contributed by atoms with E-state index in [4.69, 9.17) is 44.3 Å². The fraction of sp³-hybridized carbons (Fsp3) is 0.467. The number of carbonyl (C=O) groups excluding carboxylic acids is 2. The van der Waals surface area contributed by atoms with Crippen LogP contribution in [0.15, 0.2) is 23.1 Å². The van der Waals surface area contributed by atoms with E-state index in [0.29, 0.717) is 11.3 Å². The first-order valence-electron chi connectivity index (χ1n) is 6.64. The number of hydrogen-bond acceptors (Lipinski definition) is 5. The molecule has 1 heterocycles. The summed E-state index contributed by atoms with van der Waals surface area (Å²) in [4.78, 5) is 25.9. The number of ether oxygens (including phenoxy) is 2. The summed E-state index contributed by atoms with van der Waals surface area (Å²) in [6, 6.07) is 5.19. The molecule has 0 unspecified atom stereocenters. The van der Waals surface area contributed by atoms with Gasteiger partial charge in [-0.05, 0) is 45.2 Å². The van der Waals surface area contributed by atoms with E-state index in [0.717, 1.165) is 4.90 Å². The molecule has 126 valence electrons. The molecule has 0 saturated carbocycles. The van der Waals surface area contributed by atoms with Gasteiger partial charge in [0.1, 0.15) is 5.75 Å². The number of hydrogen-bond donors (Lipinski definition) is 0. The molecule has 0 saturated heterocycles. The average Bonchev–Trinajstić information content (AvgIpc) is 2.69. The normalized spacial score (nSPS) is 20.9. The smallest absolute Gasteiger partial charge is 0.333 e. The summed E-state index contributed by atoms with van der Waals surface area (Å²) in [5.41, 5.74) is -2.58. The lowest BCUT2D eigenvalue weighted by Gasteiger charge is -2.34. The summed E-state index contributed by atoms with van der Waals surface area (Å²) < 4.78 is 8.70. The van der Waals surface area contributed by atoms with Gasteiger partial charge in [-0.25, -0.2) is 0 Å². The first-order chi connectivity index (χ1) is 10.4. The number of thioether (sulfide) groups is 1. The Morgan fingerprint density at radius 2 is 1.91 bits per heavy atom. The van der Waals surface area contributed by atoms with Gasteiger partial charge >= 0.3 is 11.9 Å². The fourth-order valence-electron chi connectivity index (χ4n) is 2.01. The van der Waals surface area contributed by atoms with E-state index in [9.17, 15) is 9.59 Å². The zero-order valence-corrected chi connectivity index (χ0v) is 16.0. The maximum atomic E-state index is 12.7. The van der Waals surface area contributed by atoms with Crippen molar-refractivity contribution in [3.05, 3.63) is 23.8 Å². The maximum absolute atomic E-state index is 12.7. The number of carbonyl (C=O) groups is 2. The van der Waals surface area contributed by atoms with Gasteiger partial charge in [0.15, 0.2) is 11.0 Å². The van der Waals surface area contributed by atoms with Crippen LogP contribution in [0.2, 0.25) is 0 Å². The van der Waals surface area contributed by atoms with Crippen molar-refractivity contribution in [2.45, 2.75) is 40.5 Å². The summed E-state index contributed by atoms with van der Waals surface area (Å²) >= 11 is 19.0. The fourth-order valence-corrected chi connectivity index (χ4v) is 2.57. The standard InChI is InChI=1S/C15H15Cl3O4S/c1-13(2,15(16,17)18)22-12(20)14(3)9-7-8(23-4)5-6-10(9)21-11(14)19/h5-7H,1-4H3/t14-/m0/s1. The Morgan fingerprint density at radius 1 is 1.30 bits per heavy atom. The summed E-state index contributed by atoms with van der Waals surface area (Å²) in [5.74, 6) is -1.20. The zero-order valence-electron chi connectivity index (χ0n) is 12.9. The highest BCUT2D eigenvalue weighted by molar-refractivity contribution is 7.98. The summed E-state index contributed by atoms with van der Waals surface area (Å²) in [5, 5.41) is 0. The molecule has 0 aliphatic carbocycles. The van der Waals surface area contributed by atoms with Gasteiger partial charge in [0.25, 0.3) is 0 Å². The quantitative estimate of drug-likeness (QED) is 0.250. The molecular formula is C15H15Cl3O4S. The number of alkyl halides is 3. The van der Waals surface area contributed by atoms with Crippen LogP contribution >= 0.6 is 46.6 Å². The maximum Gasteiger partial charge on any atom is 0.333 e. The Balaban J connectivity index is 2.43. The Bertz CT molecular complexity index is 669. The van der Waals surface area contributed by atoms with Crippen LogP contribution in [0.3, 0.4) is 0 Å². The van der Waals surface area contributed by atoms with Gasteiger partial charge in [-0.3, -0.25) is 9.59 Å². The minimum Gasteiger partial charge on any atom is -0.454 e. The highest BCUT2D eigenvalue weighted by atomic mass is 35.6. The zero-order chi connectivity index (χ0) is 17.6. The van der Waals surface area contributed by atoms with Gasteiger partial charge in [0, 0.05) is 10.5 Å². The van der Waals surface area contributed by atoms with E-state index < -0.39 is 26.7 Å². The topological polar surface area (TPSA) is 52.6 Å². The van der Waals surface area contributed by atoms with E-state index in [1.165, 1.54) is 32.5 Å². The van der Waals surface area contributed by atoms with E-state index in [2.05, 4.69) is 0 Å². The summed E-state index contributed by atoms with van der Waals surface area (Å²) in [6.07, 6.45) is 1.89. The molecule has 1 aromatic rings. The number of benzene rings is 1. The van der Waals surface area contributed by atoms with Crippen molar-refractivity contribution < 1.29 is 19.1 Å². The lowest BCUT2D eigenvalue weighted by Crippen LogP contribution is -2.48. The second kappa shape index (κ2) is 6.03. The first kappa shape index (κ1) is 18.7. The minimum absolute atomic E-state index is 0.332. The molecule has 23 heavy (non-hydrogen) atoms. The number of rotatable bonds is 3. The largest absolute Gasteiger partial charge is 0.454 e.